The van der Waals surface area contributed by atoms with Crippen LogP contribution in [0.15, 0.2) is 54.9 Å². The summed E-state index contributed by atoms with van der Waals surface area (Å²) in [7, 11) is 2.77. The molecule has 0 aliphatic heterocycles. The SMILES string of the molecule is COC(=O)c1ccccc1Nc1ncnc(Oc2ccc(OC)cc2)c1[N+](=O)[O-]. The molecule has 10 heteroatoms. The Balaban J connectivity index is 1.97. The fourth-order valence-corrected chi connectivity index (χ4v) is 2.46. The second kappa shape index (κ2) is 8.65. The number of anilines is 2. The van der Waals surface area contributed by atoms with Crippen LogP contribution in [0.2, 0.25) is 0 Å². The molecule has 148 valence electrons. The molecule has 0 spiro atoms. The highest BCUT2D eigenvalue weighted by Crippen LogP contribution is 2.36. The van der Waals surface area contributed by atoms with Crippen LogP contribution in [-0.2, 0) is 4.74 Å². The Morgan fingerprint density at radius 1 is 1.03 bits per heavy atom. The number of benzene rings is 2. The van der Waals surface area contributed by atoms with Gasteiger partial charge in [-0.05, 0) is 36.4 Å². The molecule has 3 aromatic rings. The van der Waals surface area contributed by atoms with Gasteiger partial charge in [0, 0.05) is 0 Å². The molecule has 0 aliphatic rings. The summed E-state index contributed by atoms with van der Waals surface area (Å²) >= 11 is 0. The highest BCUT2D eigenvalue weighted by atomic mass is 16.6. The number of hydrogen-bond donors (Lipinski definition) is 1. The number of carbonyl (C=O) groups is 1. The molecule has 0 atom stereocenters. The van der Waals surface area contributed by atoms with Gasteiger partial charge in [0.15, 0.2) is 0 Å². The number of esters is 1. The van der Waals surface area contributed by atoms with Crippen LogP contribution in [-0.4, -0.2) is 35.1 Å². The second-order valence-electron chi connectivity index (χ2n) is 5.57. The van der Waals surface area contributed by atoms with E-state index in [0.717, 1.165) is 6.33 Å². The molecule has 0 unspecified atom stereocenters. The van der Waals surface area contributed by atoms with Gasteiger partial charge in [0.05, 0.1) is 30.4 Å². The molecular weight excluding hydrogens is 380 g/mol. The van der Waals surface area contributed by atoms with Crippen LogP contribution in [0.1, 0.15) is 10.4 Å². The molecule has 0 radical (unpaired) electrons. The number of nitrogens with zero attached hydrogens (tertiary/aromatic N) is 3. The molecule has 1 heterocycles. The number of ether oxygens (including phenoxy) is 3. The van der Waals surface area contributed by atoms with E-state index in [4.69, 9.17) is 14.2 Å². The fourth-order valence-electron chi connectivity index (χ4n) is 2.46. The Bertz CT molecular complexity index is 1040. The van der Waals surface area contributed by atoms with E-state index in [1.54, 1.807) is 42.5 Å². The van der Waals surface area contributed by atoms with E-state index in [2.05, 4.69) is 15.3 Å². The first kappa shape index (κ1) is 19.5. The van der Waals surface area contributed by atoms with Crippen molar-refractivity contribution in [3.8, 4) is 17.4 Å². The van der Waals surface area contributed by atoms with Gasteiger partial charge in [-0.2, -0.15) is 4.98 Å². The quantitative estimate of drug-likeness (QED) is 0.361. The van der Waals surface area contributed by atoms with Crippen molar-refractivity contribution in [2.75, 3.05) is 19.5 Å². The van der Waals surface area contributed by atoms with Gasteiger partial charge in [-0.3, -0.25) is 10.1 Å². The van der Waals surface area contributed by atoms with Crippen LogP contribution in [0.5, 0.6) is 17.4 Å². The molecule has 10 nitrogen and oxygen atoms in total. The zero-order chi connectivity index (χ0) is 20.8. The predicted octanol–water partition coefficient (Wildman–Crippen LogP) is 3.72. The molecule has 29 heavy (non-hydrogen) atoms. The largest absolute Gasteiger partial charge is 0.497 e. The van der Waals surface area contributed by atoms with E-state index < -0.39 is 16.6 Å². The average molecular weight is 396 g/mol. The number of para-hydroxylation sites is 1. The molecule has 0 aliphatic carbocycles. The molecule has 0 fully saturated rings. The van der Waals surface area contributed by atoms with Gasteiger partial charge >= 0.3 is 17.5 Å². The minimum Gasteiger partial charge on any atom is -0.497 e. The van der Waals surface area contributed by atoms with Crippen LogP contribution in [0.4, 0.5) is 17.2 Å². The van der Waals surface area contributed by atoms with Crippen LogP contribution in [0.25, 0.3) is 0 Å². The van der Waals surface area contributed by atoms with Crippen molar-refractivity contribution in [1.82, 2.24) is 9.97 Å². The number of hydrogen-bond acceptors (Lipinski definition) is 9. The number of carbonyl (C=O) groups excluding carboxylic acids is 1. The number of rotatable bonds is 7. The Morgan fingerprint density at radius 2 is 1.72 bits per heavy atom. The smallest absolute Gasteiger partial charge is 0.373 e. The summed E-state index contributed by atoms with van der Waals surface area (Å²) < 4.78 is 15.4. The standard InChI is InChI=1S/C19H16N4O6/c1-27-12-7-9-13(10-8-12)29-18-16(23(25)26)17(20-11-21-18)22-15-6-4-3-5-14(15)19(24)28-2/h3-11H,1-2H3,(H,20,21,22). The lowest BCUT2D eigenvalue weighted by Crippen LogP contribution is -2.08. The number of nitro groups is 1. The molecule has 2 aromatic carbocycles. The molecule has 0 saturated heterocycles. The van der Waals surface area contributed by atoms with Crippen LogP contribution >= 0.6 is 0 Å². The fraction of sp³-hybridized carbons (Fsp3) is 0.105. The highest BCUT2D eigenvalue weighted by Gasteiger charge is 2.26. The zero-order valence-corrected chi connectivity index (χ0v) is 15.5. The normalized spacial score (nSPS) is 10.1. The third kappa shape index (κ3) is 4.38. The molecule has 3 rings (SSSR count). The Kier molecular flexibility index (Phi) is 5.83. The maximum absolute atomic E-state index is 11.9. The lowest BCUT2D eigenvalue weighted by atomic mass is 10.2. The minimum absolute atomic E-state index is 0.134. The van der Waals surface area contributed by atoms with Crippen molar-refractivity contribution in [1.29, 1.82) is 0 Å². The summed E-state index contributed by atoms with van der Waals surface area (Å²) in [5.41, 5.74) is 0.0000624. The lowest BCUT2D eigenvalue weighted by Gasteiger charge is -2.11. The van der Waals surface area contributed by atoms with Crippen molar-refractivity contribution in [3.05, 3.63) is 70.5 Å². The van der Waals surface area contributed by atoms with Crippen molar-refractivity contribution in [2.45, 2.75) is 0 Å². The van der Waals surface area contributed by atoms with E-state index in [1.807, 2.05) is 0 Å². The van der Waals surface area contributed by atoms with Gasteiger partial charge in [-0.25, -0.2) is 9.78 Å². The van der Waals surface area contributed by atoms with E-state index in [-0.39, 0.29) is 22.9 Å². The van der Waals surface area contributed by atoms with Gasteiger partial charge < -0.3 is 19.5 Å². The van der Waals surface area contributed by atoms with E-state index in [9.17, 15) is 14.9 Å². The number of methoxy groups -OCH3 is 2. The third-order valence-corrected chi connectivity index (χ3v) is 3.83. The maximum atomic E-state index is 11.9. The van der Waals surface area contributed by atoms with E-state index in [1.165, 1.54) is 20.3 Å². The number of nitrogens with one attached hydrogen (secondary N) is 1. The van der Waals surface area contributed by atoms with Gasteiger partial charge in [0.25, 0.3) is 0 Å². The molecule has 0 amide bonds. The zero-order valence-electron chi connectivity index (χ0n) is 15.5. The van der Waals surface area contributed by atoms with Gasteiger partial charge in [-0.1, -0.05) is 12.1 Å². The third-order valence-electron chi connectivity index (χ3n) is 3.83. The Hall–Kier alpha value is -4.21. The van der Waals surface area contributed by atoms with Crippen LogP contribution in [0, 0.1) is 10.1 Å². The first-order valence-corrected chi connectivity index (χ1v) is 8.29. The van der Waals surface area contributed by atoms with Crippen molar-refractivity contribution in [2.24, 2.45) is 0 Å². The van der Waals surface area contributed by atoms with Crippen molar-refractivity contribution < 1.29 is 23.9 Å². The topological polar surface area (TPSA) is 126 Å². The van der Waals surface area contributed by atoms with Gasteiger partial charge in [-0.15, -0.1) is 0 Å². The lowest BCUT2D eigenvalue weighted by molar-refractivity contribution is -0.385. The summed E-state index contributed by atoms with van der Waals surface area (Å²) in [6.07, 6.45) is 1.12. The van der Waals surface area contributed by atoms with Crippen molar-refractivity contribution in [3.63, 3.8) is 0 Å². The van der Waals surface area contributed by atoms with Crippen molar-refractivity contribution >= 4 is 23.2 Å². The highest BCUT2D eigenvalue weighted by molar-refractivity contribution is 5.96. The predicted molar refractivity (Wildman–Crippen MR) is 103 cm³/mol. The number of aromatic nitrogens is 2. The average Bonchev–Trinajstić information content (AvgIpc) is 2.74. The summed E-state index contributed by atoms with van der Waals surface area (Å²) in [4.78, 5) is 30.8. The van der Waals surface area contributed by atoms with Crippen LogP contribution in [0.3, 0.4) is 0 Å². The van der Waals surface area contributed by atoms with Crippen LogP contribution < -0.4 is 14.8 Å². The van der Waals surface area contributed by atoms with Gasteiger partial charge in [0.2, 0.25) is 5.82 Å². The molecule has 1 N–H and O–H groups in total. The summed E-state index contributed by atoms with van der Waals surface area (Å²) in [6, 6.07) is 12.9. The summed E-state index contributed by atoms with van der Waals surface area (Å²) in [5.74, 6) is -0.0533. The Morgan fingerprint density at radius 3 is 2.38 bits per heavy atom. The Labute approximate surface area is 165 Å². The minimum atomic E-state index is -0.665. The maximum Gasteiger partial charge on any atom is 0.373 e. The first-order valence-electron chi connectivity index (χ1n) is 8.29. The molecule has 0 bridgehead atoms. The van der Waals surface area contributed by atoms with E-state index in [0.29, 0.717) is 11.5 Å². The summed E-state index contributed by atoms with van der Waals surface area (Å²) in [6.45, 7) is 0. The van der Waals surface area contributed by atoms with Gasteiger partial charge in [0.1, 0.15) is 17.8 Å². The first-order chi connectivity index (χ1) is 14.0. The van der Waals surface area contributed by atoms with E-state index >= 15 is 0 Å². The second-order valence-corrected chi connectivity index (χ2v) is 5.57. The summed E-state index contributed by atoms with van der Waals surface area (Å²) in [5, 5.41) is 14.5. The molecular formula is C19H16N4O6. The molecule has 1 aromatic heterocycles. The monoisotopic (exact) mass is 396 g/mol. The molecule has 0 saturated carbocycles.